The molecule has 3 aromatic rings. The van der Waals surface area contributed by atoms with Crippen LogP contribution in [0.15, 0.2) is 83.8 Å². The molecule has 1 N–H and O–H groups in total. The quantitative estimate of drug-likeness (QED) is 0.325. The first kappa shape index (κ1) is 30.9. The smallest absolute Gasteiger partial charge is 0.264 e. The van der Waals surface area contributed by atoms with Gasteiger partial charge in [-0.05, 0) is 61.7 Å². The molecule has 0 aliphatic heterocycles. The van der Waals surface area contributed by atoms with Crippen LogP contribution < -0.4 is 19.1 Å². The van der Waals surface area contributed by atoms with Gasteiger partial charge in [0.15, 0.2) is 0 Å². The highest BCUT2D eigenvalue weighted by Crippen LogP contribution is 2.32. The van der Waals surface area contributed by atoms with Gasteiger partial charge < -0.3 is 19.7 Å². The van der Waals surface area contributed by atoms with Crippen LogP contribution in [0.1, 0.15) is 44.6 Å². The van der Waals surface area contributed by atoms with Crippen molar-refractivity contribution in [2.75, 3.05) is 25.1 Å². The van der Waals surface area contributed by atoms with E-state index in [0.717, 1.165) is 42.0 Å². The molecular formula is C32H39N3O6S. The highest BCUT2D eigenvalue weighted by molar-refractivity contribution is 7.92. The van der Waals surface area contributed by atoms with Crippen LogP contribution in [-0.2, 0) is 26.2 Å². The number of ether oxygens (including phenoxy) is 2. The Morgan fingerprint density at radius 1 is 0.881 bits per heavy atom. The molecule has 0 spiro atoms. The van der Waals surface area contributed by atoms with Crippen molar-refractivity contribution in [2.45, 2.75) is 62.6 Å². The lowest BCUT2D eigenvalue weighted by Crippen LogP contribution is -2.53. The maximum atomic E-state index is 14.1. The summed E-state index contributed by atoms with van der Waals surface area (Å²) in [4.78, 5) is 29.1. The Hall–Kier alpha value is -4.05. The first-order valence-electron chi connectivity index (χ1n) is 14.2. The van der Waals surface area contributed by atoms with Gasteiger partial charge in [0, 0.05) is 12.6 Å². The summed E-state index contributed by atoms with van der Waals surface area (Å²) < 4.78 is 39.7. The van der Waals surface area contributed by atoms with Crippen LogP contribution in [0.3, 0.4) is 0 Å². The molecule has 0 bridgehead atoms. The van der Waals surface area contributed by atoms with E-state index in [2.05, 4.69) is 5.32 Å². The lowest BCUT2D eigenvalue weighted by molar-refractivity contribution is -0.139. The van der Waals surface area contributed by atoms with Gasteiger partial charge in [0.1, 0.15) is 24.1 Å². The van der Waals surface area contributed by atoms with Crippen molar-refractivity contribution in [1.29, 1.82) is 0 Å². The predicted molar refractivity (Wildman–Crippen MR) is 162 cm³/mol. The van der Waals surface area contributed by atoms with E-state index in [4.69, 9.17) is 9.47 Å². The van der Waals surface area contributed by atoms with Gasteiger partial charge in [0.25, 0.3) is 10.0 Å². The molecule has 1 saturated carbocycles. The molecule has 2 amide bonds. The van der Waals surface area contributed by atoms with E-state index in [1.165, 1.54) is 24.1 Å². The van der Waals surface area contributed by atoms with Gasteiger partial charge in [-0.1, -0.05) is 61.7 Å². The monoisotopic (exact) mass is 593 g/mol. The van der Waals surface area contributed by atoms with Crippen molar-refractivity contribution in [2.24, 2.45) is 0 Å². The minimum atomic E-state index is -4.18. The molecule has 0 unspecified atom stereocenters. The first-order valence-corrected chi connectivity index (χ1v) is 15.6. The average molecular weight is 594 g/mol. The van der Waals surface area contributed by atoms with Crippen molar-refractivity contribution >= 4 is 27.5 Å². The number of nitrogens with zero attached hydrogens (tertiary/aromatic N) is 2. The molecule has 10 heteroatoms. The largest absolute Gasteiger partial charge is 0.497 e. The molecule has 0 saturated heterocycles. The summed E-state index contributed by atoms with van der Waals surface area (Å²) in [5.41, 5.74) is 0.997. The van der Waals surface area contributed by atoms with Gasteiger partial charge in [-0.15, -0.1) is 0 Å². The van der Waals surface area contributed by atoms with E-state index in [1.807, 2.05) is 12.1 Å². The number of hydrogen-bond acceptors (Lipinski definition) is 6. The highest BCUT2D eigenvalue weighted by atomic mass is 32.2. The zero-order valence-corrected chi connectivity index (χ0v) is 25.2. The molecule has 3 aromatic carbocycles. The number of benzene rings is 3. The molecule has 1 fully saturated rings. The van der Waals surface area contributed by atoms with Crippen LogP contribution in [0.2, 0.25) is 0 Å². The minimum absolute atomic E-state index is 0.0356. The van der Waals surface area contributed by atoms with E-state index >= 15 is 0 Å². The molecule has 224 valence electrons. The third-order valence-electron chi connectivity index (χ3n) is 7.59. The third kappa shape index (κ3) is 7.42. The van der Waals surface area contributed by atoms with E-state index in [0.29, 0.717) is 11.5 Å². The Morgan fingerprint density at radius 2 is 1.52 bits per heavy atom. The van der Waals surface area contributed by atoms with Crippen molar-refractivity contribution in [3.63, 3.8) is 0 Å². The third-order valence-corrected chi connectivity index (χ3v) is 9.37. The summed E-state index contributed by atoms with van der Waals surface area (Å²) in [6, 6.07) is 21.0. The lowest BCUT2D eigenvalue weighted by Gasteiger charge is -2.33. The van der Waals surface area contributed by atoms with E-state index < -0.39 is 28.5 Å². The topological polar surface area (TPSA) is 105 Å². The van der Waals surface area contributed by atoms with Crippen molar-refractivity contribution < 1.29 is 27.5 Å². The minimum Gasteiger partial charge on any atom is -0.497 e. The number of para-hydroxylation sites is 2. The van der Waals surface area contributed by atoms with Gasteiger partial charge in [-0.25, -0.2) is 8.42 Å². The average Bonchev–Trinajstić information content (AvgIpc) is 3.03. The molecule has 0 heterocycles. The number of sulfonamides is 1. The number of nitrogens with one attached hydrogen (secondary N) is 1. The molecule has 1 aliphatic carbocycles. The lowest BCUT2D eigenvalue weighted by atomic mass is 9.95. The molecule has 1 aliphatic rings. The second-order valence-corrected chi connectivity index (χ2v) is 12.2. The van der Waals surface area contributed by atoms with Gasteiger partial charge in [0.2, 0.25) is 11.8 Å². The summed E-state index contributed by atoms with van der Waals surface area (Å²) in [7, 11) is -1.16. The second kappa shape index (κ2) is 14.2. The van der Waals surface area contributed by atoms with E-state index in [9.17, 15) is 18.0 Å². The number of carbonyl (C=O) groups excluding carboxylic acids is 2. The highest BCUT2D eigenvalue weighted by Gasteiger charge is 2.34. The summed E-state index contributed by atoms with van der Waals surface area (Å²) in [5.74, 6) is 0.173. The van der Waals surface area contributed by atoms with Crippen LogP contribution in [0.4, 0.5) is 5.69 Å². The molecule has 1 atom stereocenters. The van der Waals surface area contributed by atoms with Crippen molar-refractivity contribution in [1.82, 2.24) is 10.2 Å². The number of amides is 2. The number of anilines is 1. The second-order valence-electron chi connectivity index (χ2n) is 10.4. The van der Waals surface area contributed by atoms with Crippen LogP contribution in [-0.4, -0.2) is 58.0 Å². The normalized spacial score (nSPS) is 14.5. The standard InChI is InChI=1S/C32H39N3O6S/c1-24(32(37)33-26-12-6-4-7-13-26)34(22-25-18-20-27(40-2)21-19-25)31(36)23-35(29-16-10-11-17-30(29)41-3)42(38,39)28-14-8-5-9-15-28/h5,8-11,14-21,24,26H,4,6-7,12-13,22-23H2,1-3H3,(H,33,37)/t24-/m1/s1. The Bertz CT molecular complexity index is 1440. The van der Waals surface area contributed by atoms with Crippen molar-refractivity contribution in [3.8, 4) is 11.5 Å². The summed E-state index contributed by atoms with van der Waals surface area (Å²) in [6.07, 6.45) is 5.07. The van der Waals surface area contributed by atoms with Crippen molar-refractivity contribution in [3.05, 3.63) is 84.4 Å². The number of rotatable bonds is 12. The fraction of sp³-hybridized carbons (Fsp3) is 0.375. The van der Waals surface area contributed by atoms with Gasteiger partial charge in [-0.2, -0.15) is 0 Å². The van der Waals surface area contributed by atoms with E-state index in [-0.39, 0.29) is 29.1 Å². The molecular weight excluding hydrogens is 554 g/mol. The van der Waals surface area contributed by atoms with Crippen LogP contribution >= 0.6 is 0 Å². The van der Waals surface area contributed by atoms with Gasteiger partial charge >= 0.3 is 0 Å². The number of methoxy groups -OCH3 is 2. The van der Waals surface area contributed by atoms with Crippen LogP contribution in [0.5, 0.6) is 11.5 Å². The Morgan fingerprint density at radius 3 is 2.17 bits per heavy atom. The zero-order valence-electron chi connectivity index (χ0n) is 24.4. The Balaban J connectivity index is 1.69. The van der Waals surface area contributed by atoms with E-state index in [1.54, 1.807) is 68.6 Å². The molecule has 42 heavy (non-hydrogen) atoms. The molecule has 9 nitrogen and oxygen atoms in total. The Labute approximate surface area is 248 Å². The predicted octanol–water partition coefficient (Wildman–Crippen LogP) is 4.77. The summed E-state index contributed by atoms with van der Waals surface area (Å²) in [5, 5.41) is 3.11. The SMILES string of the molecule is COc1ccc(CN(C(=O)CN(c2ccccc2OC)S(=O)(=O)c2ccccc2)[C@H](C)C(=O)NC2CCCCC2)cc1. The molecule has 0 radical (unpaired) electrons. The molecule has 4 rings (SSSR count). The maximum absolute atomic E-state index is 14.1. The molecule has 0 aromatic heterocycles. The summed E-state index contributed by atoms with van der Waals surface area (Å²) >= 11 is 0. The number of carbonyl (C=O) groups is 2. The van der Waals surface area contributed by atoms with Crippen LogP contribution in [0, 0.1) is 0 Å². The first-order chi connectivity index (χ1) is 20.2. The fourth-order valence-corrected chi connectivity index (χ4v) is 6.59. The maximum Gasteiger partial charge on any atom is 0.264 e. The van der Waals surface area contributed by atoms with Gasteiger partial charge in [0.05, 0.1) is 24.8 Å². The van der Waals surface area contributed by atoms with Crippen LogP contribution in [0.25, 0.3) is 0 Å². The fourth-order valence-electron chi connectivity index (χ4n) is 5.15. The van der Waals surface area contributed by atoms with Gasteiger partial charge in [-0.3, -0.25) is 13.9 Å². The zero-order chi connectivity index (χ0) is 30.1. The number of hydrogen-bond donors (Lipinski definition) is 1. The Kier molecular flexibility index (Phi) is 10.5. The summed E-state index contributed by atoms with van der Waals surface area (Å²) in [6.45, 7) is 1.25.